The van der Waals surface area contributed by atoms with Crippen LogP contribution in [0.2, 0.25) is 0 Å². The van der Waals surface area contributed by atoms with Crippen LogP contribution in [0.5, 0.6) is 0 Å². The molecule has 0 aromatic heterocycles. The number of fused-ring (bicyclic) bond motifs is 1. The summed E-state index contributed by atoms with van der Waals surface area (Å²) in [5.41, 5.74) is 7.25. The summed E-state index contributed by atoms with van der Waals surface area (Å²) in [6.07, 6.45) is 6.30. The highest BCUT2D eigenvalue weighted by molar-refractivity contribution is 9.10. The van der Waals surface area contributed by atoms with Crippen LogP contribution in [0, 0.1) is 0 Å². The van der Waals surface area contributed by atoms with Crippen LogP contribution in [0.15, 0.2) is 96.0 Å². The van der Waals surface area contributed by atoms with Gasteiger partial charge in [-0.3, -0.25) is 0 Å². The van der Waals surface area contributed by atoms with Crippen LogP contribution in [0.25, 0.3) is 45.2 Å². The summed E-state index contributed by atoms with van der Waals surface area (Å²) in [6.45, 7) is 6.24. The predicted octanol–water partition coefficient (Wildman–Crippen LogP) is 8.61. The van der Waals surface area contributed by atoms with E-state index in [4.69, 9.17) is 0 Å². The third-order valence-electron chi connectivity index (χ3n) is 5.01. The summed E-state index contributed by atoms with van der Waals surface area (Å²) >= 11 is 3.68. The van der Waals surface area contributed by atoms with Gasteiger partial charge in [0.05, 0.1) is 0 Å². The van der Waals surface area contributed by atoms with E-state index in [2.05, 4.69) is 120 Å². The van der Waals surface area contributed by atoms with E-state index in [1.54, 1.807) is 0 Å². The molecule has 0 atom stereocenters. The Morgan fingerprint density at radius 1 is 0.714 bits per heavy atom. The molecule has 4 aromatic carbocycles. The molecule has 0 radical (unpaired) electrons. The summed E-state index contributed by atoms with van der Waals surface area (Å²) in [5.74, 6) is 0. The zero-order valence-corrected chi connectivity index (χ0v) is 17.4. The van der Waals surface area contributed by atoms with Crippen LogP contribution < -0.4 is 0 Å². The molecule has 0 aliphatic rings. The van der Waals surface area contributed by atoms with Crippen molar-refractivity contribution in [3.05, 3.63) is 107 Å². The molecule has 0 nitrogen and oxygen atoms in total. The van der Waals surface area contributed by atoms with Crippen molar-refractivity contribution in [1.82, 2.24) is 0 Å². The number of allylic oxidation sites excluding steroid dienone is 1. The normalized spacial score (nSPS) is 11.2. The van der Waals surface area contributed by atoms with Gasteiger partial charge in [0.25, 0.3) is 0 Å². The lowest BCUT2D eigenvalue weighted by molar-refractivity contribution is 1.57. The first-order valence-electron chi connectivity index (χ1n) is 9.39. The lowest BCUT2D eigenvalue weighted by Crippen LogP contribution is -1.96. The summed E-state index contributed by atoms with van der Waals surface area (Å²) in [6, 6.07) is 27.7. The van der Waals surface area contributed by atoms with Crippen molar-refractivity contribution in [3.8, 4) is 22.3 Å². The Hall–Kier alpha value is -2.90. The Kier molecular flexibility index (Phi) is 5.27. The third kappa shape index (κ3) is 3.23. The SMILES string of the molecule is C=Cc1c(/C=C\C)c(-c2ccccc2)c2ccc(Br)cc2c1-c1ccccc1. The first-order chi connectivity index (χ1) is 13.7. The maximum atomic E-state index is 4.18. The Balaban J connectivity index is 2.25. The molecule has 0 heterocycles. The predicted molar refractivity (Wildman–Crippen MR) is 127 cm³/mol. The lowest BCUT2D eigenvalue weighted by Gasteiger charge is -2.20. The second-order valence-electron chi connectivity index (χ2n) is 6.70. The van der Waals surface area contributed by atoms with Crippen molar-refractivity contribution >= 4 is 38.9 Å². The fourth-order valence-electron chi connectivity index (χ4n) is 3.88. The molecule has 0 N–H and O–H groups in total. The molecule has 0 spiro atoms. The zero-order chi connectivity index (χ0) is 19.5. The van der Waals surface area contributed by atoms with Crippen molar-refractivity contribution in [3.63, 3.8) is 0 Å². The third-order valence-corrected chi connectivity index (χ3v) is 5.50. The summed E-state index contributed by atoms with van der Waals surface area (Å²) in [4.78, 5) is 0. The molecule has 0 fully saturated rings. The van der Waals surface area contributed by atoms with Crippen molar-refractivity contribution < 1.29 is 0 Å². The molecule has 4 aromatic rings. The molecule has 0 saturated heterocycles. The monoisotopic (exact) mass is 424 g/mol. The van der Waals surface area contributed by atoms with Crippen LogP contribution in [0.4, 0.5) is 0 Å². The highest BCUT2D eigenvalue weighted by Crippen LogP contribution is 2.43. The van der Waals surface area contributed by atoms with Crippen molar-refractivity contribution in [2.24, 2.45) is 0 Å². The van der Waals surface area contributed by atoms with Gasteiger partial charge in [0.1, 0.15) is 0 Å². The van der Waals surface area contributed by atoms with Crippen molar-refractivity contribution in [1.29, 1.82) is 0 Å². The van der Waals surface area contributed by atoms with Gasteiger partial charge >= 0.3 is 0 Å². The second kappa shape index (κ2) is 8.00. The minimum Gasteiger partial charge on any atom is -0.0984 e. The minimum absolute atomic E-state index is 1.07. The number of hydrogen-bond acceptors (Lipinski definition) is 0. The molecular weight excluding hydrogens is 404 g/mol. The molecule has 1 heteroatoms. The van der Waals surface area contributed by atoms with Crippen LogP contribution >= 0.6 is 15.9 Å². The molecule has 0 bridgehead atoms. The molecule has 0 amide bonds. The van der Waals surface area contributed by atoms with E-state index in [1.807, 2.05) is 6.08 Å². The van der Waals surface area contributed by atoms with E-state index in [1.165, 1.54) is 38.6 Å². The van der Waals surface area contributed by atoms with Gasteiger partial charge in [-0.05, 0) is 63.2 Å². The molecule has 136 valence electrons. The van der Waals surface area contributed by atoms with Gasteiger partial charge in [-0.2, -0.15) is 0 Å². The zero-order valence-electron chi connectivity index (χ0n) is 15.8. The number of benzene rings is 4. The van der Waals surface area contributed by atoms with E-state index < -0.39 is 0 Å². The maximum absolute atomic E-state index is 4.18. The fraction of sp³-hybridized carbons (Fsp3) is 0.0370. The Morgan fingerprint density at radius 2 is 1.29 bits per heavy atom. The van der Waals surface area contributed by atoms with Crippen molar-refractivity contribution in [2.75, 3.05) is 0 Å². The Labute approximate surface area is 175 Å². The summed E-state index contributed by atoms with van der Waals surface area (Å²) in [7, 11) is 0. The molecule has 0 aliphatic heterocycles. The second-order valence-corrected chi connectivity index (χ2v) is 7.62. The van der Waals surface area contributed by atoms with Gasteiger partial charge < -0.3 is 0 Å². The van der Waals surface area contributed by atoms with Crippen LogP contribution in [0.1, 0.15) is 18.1 Å². The quantitative estimate of drug-likeness (QED) is 0.307. The van der Waals surface area contributed by atoms with Gasteiger partial charge in [-0.25, -0.2) is 0 Å². The first-order valence-corrected chi connectivity index (χ1v) is 10.2. The maximum Gasteiger partial charge on any atom is 0.0181 e. The van der Waals surface area contributed by atoms with E-state index in [0.717, 1.165) is 10.0 Å². The van der Waals surface area contributed by atoms with Gasteiger partial charge in [-0.15, -0.1) is 0 Å². The lowest BCUT2D eigenvalue weighted by atomic mass is 9.83. The van der Waals surface area contributed by atoms with Gasteiger partial charge in [0, 0.05) is 4.47 Å². The molecule has 4 rings (SSSR count). The summed E-state index contributed by atoms with van der Waals surface area (Å²) in [5, 5.41) is 2.47. The van der Waals surface area contributed by atoms with Crippen LogP contribution in [0.3, 0.4) is 0 Å². The standard InChI is InChI=1S/C27H21Br/c1-3-11-23-22(4-2)26(19-12-7-5-8-13-19)25-18-21(28)16-17-24(25)27(23)20-14-9-6-10-15-20/h3-18H,2H2,1H3/b11-3-. The number of halogens is 1. The molecule has 0 aliphatic carbocycles. The summed E-state index contributed by atoms with van der Waals surface area (Å²) < 4.78 is 1.07. The largest absolute Gasteiger partial charge is 0.0984 e. The van der Waals surface area contributed by atoms with Crippen LogP contribution in [-0.2, 0) is 0 Å². The minimum atomic E-state index is 1.07. The highest BCUT2D eigenvalue weighted by atomic mass is 79.9. The van der Waals surface area contributed by atoms with E-state index in [-0.39, 0.29) is 0 Å². The Bertz CT molecular complexity index is 1170. The smallest absolute Gasteiger partial charge is 0.0181 e. The van der Waals surface area contributed by atoms with E-state index >= 15 is 0 Å². The fourth-order valence-corrected chi connectivity index (χ4v) is 4.25. The molecule has 0 saturated carbocycles. The van der Waals surface area contributed by atoms with Crippen LogP contribution in [-0.4, -0.2) is 0 Å². The highest BCUT2D eigenvalue weighted by Gasteiger charge is 2.18. The average Bonchev–Trinajstić information content (AvgIpc) is 2.74. The van der Waals surface area contributed by atoms with E-state index in [9.17, 15) is 0 Å². The van der Waals surface area contributed by atoms with Gasteiger partial charge in [0.2, 0.25) is 0 Å². The number of hydrogen-bond donors (Lipinski definition) is 0. The topological polar surface area (TPSA) is 0 Å². The van der Waals surface area contributed by atoms with Gasteiger partial charge in [0.15, 0.2) is 0 Å². The molecule has 28 heavy (non-hydrogen) atoms. The number of rotatable bonds is 4. The van der Waals surface area contributed by atoms with E-state index in [0.29, 0.717) is 0 Å². The molecular formula is C27H21Br. The average molecular weight is 425 g/mol. The first kappa shape index (κ1) is 18.5. The van der Waals surface area contributed by atoms with Crippen molar-refractivity contribution in [2.45, 2.75) is 6.92 Å². The molecule has 0 unspecified atom stereocenters. The van der Waals surface area contributed by atoms with Gasteiger partial charge in [-0.1, -0.05) is 107 Å². The Morgan fingerprint density at radius 3 is 1.82 bits per heavy atom.